The molecule has 5 rings (SSSR count). The van der Waals surface area contributed by atoms with E-state index in [1.807, 2.05) is 36.4 Å². The van der Waals surface area contributed by atoms with Gasteiger partial charge in [0.2, 0.25) is 0 Å². The molecule has 0 N–H and O–H groups in total. The average molecular weight is 366 g/mol. The molecule has 0 aliphatic rings. The molecule has 27 heavy (non-hydrogen) atoms. The van der Waals surface area contributed by atoms with Crippen LogP contribution in [-0.4, -0.2) is 12.1 Å². The van der Waals surface area contributed by atoms with Crippen LogP contribution in [0.2, 0.25) is 0 Å². The van der Waals surface area contributed by atoms with Gasteiger partial charge < -0.3 is 4.74 Å². The van der Waals surface area contributed by atoms with Gasteiger partial charge in [-0.15, -0.1) is 11.3 Å². The number of aromatic nitrogens is 1. The van der Waals surface area contributed by atoms with Gasteiger partial charge in [0, 0.05) is 37.2 Å². The Kier molecular flexibility index (Phi) is 3.56. The Labute approximate surface area is 160 Å². The molecule has 0 aliphatic heterocycles. The SMILES string of the molecule is COc1ccc2c(c1)nc(-c1ccc(C#N)cc1)c1c3ccccc3sc21. The number of nitriles is 1. The van der Waals surface area contributed by atoms with Crippen LogP contribution in [0.4, 0.5) is 0 Å². The molecule has 0 amide bonds. The first-order valence-corrected chi connectivity index (χ1v) is 9.39. The maximum atomic E-state index is 9.10. The predicted octanol–water partition coefficient (Wildman–Crippen LogP) is 6.15. The standard InChI is InChI=1S/C23H14N2OS/c1-26-16-10-11-17-19(12-16)25-22(15-8-6-14(13-24)7-9-15)21-18-4-2-3-5-20(18)27-23(17)21/h2-12H,1H3. The summed E-state index contributed by atoms with van der Waals surface area (Å²) in [5.74, 6) is 0.793. The smallest absolute Gasteiger partial charge is 0.121 e. The Bertz CT molecular complexity index is 1360. The van der Waals surface area contributed by atoms with Crippen molar-refractivity contribution in [3.05, 3.63) is 72.3 Å². The molecule has 0 radical (unpaired) electrons. The largest absolute Gasteiger partial charge is 0.497 e. The molecule has 2 heterocycles. The molecule has 0 bridgehead atoms. The van der Waals surface area contributed by atoms with Gasteiger partial charge in [-0.3, -0.25) is 0 Å². The fourth-order valence-electron chi connectivity index (χ4n) is 3.48. The third-order valence-corrected chi connectivity index (χ3v) is 6.01. The molecule has 4 heteroatoms. The van der Waals surface area contributed by atoms with Crippen molar-refractivity contribution < 1.29 is 4.74 Å². The van der Waals surface area contributed by atoms with Gasteiger partial charge in [-0.25, -0.2) is 4.98 Å². The third kappa shape index (κ3) is 2.44. The first kappa shape index (κ1) is 15.8. The van der Waals surface area contributed by atoms with E-state index >= 15 is 0 Å². The molecule has 3 nitrogen and oxygen atoms in total. The van der Waals surface area contributed by atoms with Crippen LogP contribution in [-0.2, 0) is 0 Å². The lowest BCUT2D eigenvalue weighted by atomic mass is 10.0. The van der Waals surface area contributed by atoms with Gasteiger partial charge >= 0.3 is 0 Å². The van der Waals surface area contributed by atoms with Crippen molar-refractivity contribution >= 4 is 42.4 Å². The predicted molar refractivity (Wildman–Crippen MR) is 111 cm³/mol. The molecule has 0 fully saturated rings. The Morgan fingerprint density at radius 2 is 1.78 bits per heavy atom. The van der Waals surface area contributed by atoms with Gasteiger partial charge in [0.25, 0.3) is 0 Å². The lowest BCUT2D eigenvalue weighted by molar-refractivity contribution is 0.415. The molecular weight excluding hydrogens is 352 g/mol. The van der Waals surface area contributed by atoms with E-state index in [2.05, 4.69) is 36.4 Å². The van der Waals surface area contributed by atoms with Gasteiger partial charge in [0.15, 0.2) is 0 Å². The minimum Gasteiger partial charge on any atom is -0.497 e. The van der Waals surface area contributed by atoms with Gasteiger partial charge in [-0.2, -0.15) is 5.26 Å². The molecule has 0 aliphatic carbocycles. The summed E-state index contributed by atoms with van der Waals surface area (Å²) < 4.78 is 7.86. The molecule has 0 spiro atoms. The second-order valence-electron chi connectivity index (χ2n) is 6.33. The zero-order valence-electron chi connectivity index (χ0n) is 14.6. The number of nitrogens with zero attached hydrogens (tertiary/aromatic N) is 2. The maximum absolute atomic E-state index is 9.10. The molecule has 0 unspecified atom stereocenters. The zero-order chi connectivity index (χ0) is 18.4. The second-order valence-corrected chi connectivity index (χ2v) is 7.39. The van der Waals surface area contributed by atoms with Gasteiger partial charge in [-0.1, -0.05) is 30.3 Å². The summed E-state index contributed by atoms with van der Waals surface area (Å²) >= 11 is 1.79. The third-order valence-electron chi connectivity index (χ3n) is 4.80. The lowest BCUT2D eigenvalue weighted by Crippen LogP contribution is -1.90. The molecule has 3 aromatic carbocycles. The number of pyridine rings is 1. The van der Waals surface area contributed by atoms with Crippen LogP contribution in [0.1, 0.15) is 5.56 Å². The van der Waals surface area contributed by atoms with Crippen molar-refractivity contribution in [2.24, 2.45) is 0 Å². The van der Waals surface area contributed by atoms with E-state index in [0.717, 1.165) is 33.3 Å². The molecule has 128 valence electrons. The summed E-state index contributed by atoms with van der Waals surface area (Å²) in [6, 6.07) is 24.3. The number of thiophene rings is 1. The average Bonchev–Trinajstić information content (AvgIpc) is 3.12. The molecule has 0 saturated heterocycles. The first-order chi connectivity index (χ1) is 13.3. The van der Waals surface area contributed by atoms with E-state index in [-0.39, 0.29) is 0 Å². The van der Waals surface area contributed by atoms with Crippen LogP contribution in [0.15, 0.2) is 66.7 Å². The summed E-state index contributed by atoms with van der Waals surface area (Å²) in [6.07, 6.45) is 0. The Morgan fingerprint density at radius 1 is 0.963 bits per heavy atom. The highest BCUT2D eigenvalue weighted by atomic mass is 32.1. The Hall–Kier alpha value is -3.42. The minimum atomic E-state index is 0.646. The summed E-state index contributed by atoms with van der Waals surface area (Å²) in [7, 11) is 1.67. The number of benzene rings is 3. The number of hydrogen-bond acceptors (Lipinski definition) is 4. The van der Waals surface area contributed by atoms with Gasteiger partial charge in [-0.05, 0) is 30.3 Å². The number of ether oxygens (including phenoxy) is 1. The lowest BCUT2D eigenvalue weighted by Gasteiger charge is -2.09. The van der Waals surface area contributed by atoms with Crippen molar-refractivity contribution in [1.29, 1.82) is 5.26 Å². The van der Waals surface area contributed by atoms with Gasteiger partial charge in [0.1, 0.15) is 5.75 Å². The van der Waals surface area contributed by atoms with Crippen molar-refractivity contribution in [3.8, 4) is 23.1 Å². The summed E-state index contributed by atoms with van der Waals surface area (Å²) in [5, 5.41) is 12.6. The monoisotopic (exact) mass is 366 g/mol. The quantitative estimate of drug-likeness (QED) is 0.376. The van der Waals surface area contributed by atoms with E-state index < -0.39 is 0 Å². The summed E-state index contributed by atoms with van der Waals surface area (Å²) in [4.78, 5) is 5.00. The van der Waals surface area contributed by atoms with Crippen LogP contribution in [0, 0.1) is 11.3 Å². The Morgan fingerprint density at radius 3 is 2.56 bits per heavy atom. The first-order valence-electron chi connectivity index (χ1n) is 8.58. The maximum Gasteiger partial charge on any atom is 0.121 e. The van der Waals surface area contributed by atoms with Crippen molar-refractivity contribution in [1.82, 2.24) is 4.98 Å². The normalized spacial score (nSPS) is 11.1. The highest BCUT2D eigenvalue weighted by molar-refractivity contribution is 7.26. The van der Waals surface area contributed by atoms with Crippen LogP contribution in [0.5, 0.6) is 5.75 Å². The van der Waals surface area contributed by atoms with E-state index in [1.165, 1.54) is 14.8 Å². The van der Waals surface area contributed by atoms with Crippen LogP contribution < -0.4 is 4.74 Å². The van der Waals surface area contributed by atoms with E-state index in [1.54, 1.807) is 18.4 Å². The van der Waals surface area contributed by atoms with Crippen LogP contribution >= 0.6 is 11.3 Å². The number of methoxy groups -OCH3 is 1. The van der Waals surface area contributed by atoms with Crippen LogP contribution in [0.3, 0.4) is 0 Å². The van der Waals surface area contributed by atoms with Crippen molar-refractivity contribution in [2.45, 2.75) is 0 Å². The summed E-state index contributed by atoms with van der Waals surface area (Å²) in [6.45, 7) is 0. The highest BCUT2D eigenvalue weighted by Crippen LogP contribution is 2.43. The van der Waals surface area contributed by atoms with Crippen molar-refractivity contribution in [2.75, 3.05) is 7.11 Å². The summed E-state index contributed by atoms with van der Waals surface area (Å²) in [5.41, 5.74) is 3.50. The fraction of sp³-hybridized carbons (Fsp3) is 0.0435. The van der Waals surface area contributed by atoms with Gasteiger partial charge in [0.05, 0.1) is 30.0 Å². The molecule has 5 aromatic rings. The molecule has 0 saturated carbocycles. The topological polar surface area (TPSA) is 45.9 Å². The van der Waals surface area contributed by atoms with E-state index in [4.69, 9.17) is 15.0 Å². The highest BCUT2D eigenvalue weighted by Gasteiger charge is 2.16. The van der Waals surface area contributed by atoms with Crippen molar-refractivity contribution in [3.63, 3.8) is 0 Å². The molecular formula is C23H14N2OS. The van der Waals surface area contributed by atoms with E-state index in [0.29, 0.717) is 5.56 Å². The molecule has 0 atom stereocenters. The van der Waals surface area contributed by atoms with E-state index in [9.17, 15) is 0 Å². The van der Waals surface area contributed by atoms with Crippen LogP contribution in [0.25, 0.3) is 42.3 Å². The Balaban J connectivity index is 1.94. The molecule has 2 aromatic heterocycles. The minimum absolute atomic E-state index is 0.646. The second kappa shape index (κ2) is 6.08. The fourth-order valence-corrected chi connectivity index (χ4v) is 4.72. The zero-order valence-corrected chi connectivity index (χ0v) is 15.4. The number of rotatable bonds is 2. The number of fused-ring (bicyclic) bond motifs is 5. The number of hydrogen-bond donors (Lipinski definition) is 0.